The zero-order valence-electron chi connectivity index (χ0n) is 16.4. The van der Waals surface area contributed by atoms with Gasteiger partial charge in [0.1, 0.15) is 11.5 Å². The topological polar surface area (TPSA) is 32.7 Å². The molecular weight excluding hydrogens is 379 g/mol. The molecule has 156 valence electrons. The van der Waals surface area contributed by atoms with Crippen LogP contribution < -0.4 is 4.74 Å². The van der Waals surface area contributed by atoms with Crippen LogP contribution in [0.15, 0.2) is 48.5 Å². The summed E-state index contributed by atoms with van der Waals surface area (Å²) in [6.07, 6.45) is -0.414. The molecule has 2 fully saturated rings. The van der Waals surface area contributed by atoms with E-state index in [2.05, 4.69) is 11.9 Å². The van der Waals surface area contributed by atoms with E-state index in [9.17, 15) is 18.3 Å². The molecule has 2 aliphatic rings. The summed E-state index contributed by atoms with van der Waals surface area (Å²) < 4.78 is 44.4. The monoisotopic (exact) mass is 405 g/mol. The number of hydrogen-bond donors (Lipinski definition) is 1. The lowest BCUT2D eigenvalue weighted by atomic mass is 10.0. The molecular formula is C23H26F3NO2. The zero-order chi connectivity index (χ0) is 20.6. The summed E-state index contributed by atoms with van der Waals surface area (Å²) in [5.74, 6) is 1.97. The predicted octanol–water partition coefficient (Wildman–Crippen LogP) is 5.48. The molecule has 0 heterocycles. The number of ether oxygens (including phenoxy) is 1. The Labute approximate surface area is 169 Å². The molecule has 2 unspecified atom stereocenters. The van der Waals surface area contributed by atoms with Crippen LogP contribution in [0.25, 0.3) is 0 Å². The van der Waals surface area contributed by atoms with Crippen molar-refractivity contribution in [2.45, 2.75) is 50.6 Å². The Kier molecular flexibility index (Phi) is 5.58. The van der Waals surface area contributed by atoms with Gasteiger partial charge in [-0.1, -0.05) is 18.2 Å². The lowest BCUT2D eigenvalue weighted by Gasteiger charge is -2.25. The molecule has 0 radical (unpaired) electrons. The van der Waals surface area contributed by atoms with Gasteiger partial charge in [-0.3, -0.25) is 4.90 Å². The molecule has 2 aliphatic carbocycles. The number of hydrogen-bond acceptors (Lipinski definition) is 3. The summed E-state index contributed by atoms with van der Waals surface area (Å²) >= 11 is 0. The SMILES string of the molecule is CN(Cc1cccc(Oc2cccc(C(F)(F)F)c2)c1)C1C[C@H]2CC(O)C[C@H]2C1. The highest BCUT2D eigenvalue weighted by Crippen LogP contribution is 2.45. The number of fused-ring (bicyclic) bond motifs is 1. The van der Waals surface area contributed by atoms with Gasteiger partial charge in [-0.05, 0) is 80.5 Å². The van der Waals surface area contributed by atoms with Crippen molar-refractivity contribution in [3.05, 3.63) is 59.7 Å². The van der Waals surface area contributed by atoms with Crippen molar-refractivity contribution < 1.29 is 23.0 Å². The standard InChI is InChI=1S/C23H26F3NO2/c1-27(19-9-16-11-20(28)12-17(16)10-19)14-15-4-2-6-21(8-15)29-22-7-3-5-18(13-22)23(24,25)26/h2-8,13,16-17,19-20,28H,9-12,14H2,1H3/t16-,17+,19?,20?. The van der Waals surface area contributed by atoms with E-state index in [1.807, 2.05) is 18.2 Å². The Bertz CT molecular complexity index is 840. The molecule has 4 atom stereocenters. The van der Waals surface area contributed by atoms with Crippen LogP contribution in [0.2, 0.25) is 0 Å². The van der Waals surface area contributed by atoms with Crippen LogP contribution in [-0.4, -0.2) is 29.2 Å². The second-order valence-corrected chi connectivity index (χ2v) is 8.46. The van der Waals surface area contributed by atoms with Crippen LogP contribution in [0.1, 0.15) is 36.8 Å². The Morgan fingerprint density at radius 1 is 0.966 bits per heavy atom. The number of rotatable bonds is 5. The fourth-order valence-electron chi connectivity index (χ4n) is 4.91. The number of aliphatic hydroxyl groups is 1. The maximum atomic E-state index is 12.9. The Morgan fingerprint density at radius 2 is 1.59 bits per heavy atom. The van der Waals surface area contributed by atoms with Crippen LogP contribution in [0.3, 0.4) is 0 Å². The number of aliphatic hydroxyl groups excluding tert-OH is 1. The third-order valence-corrected chi connectivity index (χ3v) is 6.32. The maximum Gasteiger partial charge on any atom is 0.416 e. The van der Waals surface area contributed by atoms with Crippen LogP contribution in [0.5, 0.6) is 11.5 Å². The molecule has 0 aromatic heterocycles. The van der Waals surface area contributed by atoms with Gasteiger partial charge >= 0.3 is 6.18 Å². The van der Waals surface area contributed by atoms with E-state index in [1.165, 1.54) is 12.1 Å². The second-order valence-electron chi connectivity index (χ2n) is 8.46. The predicted molar refractivity (Wildman–Crippen MR) is 105 cm³/mol. The molecule has 6 heteroatoms. The highest BCUT2D eigenvalue weighted by atomic mass is 19.4. The first kappa shape index (κ1) is 20.2. The van der Waals surface area contributed by atoms with Crippen LogP contribution >= 0.6 is 0 Å². The third kappa shape index (κ3) is 4.75. The largest absolute Gasteiger partial charge is 0.457 e. The summed E-state index contributed by atoms with van der Waals surface area (Å²) in [6, 6.07) is 13.0. The summed E-state index contributed by atoms with van der Waals surface area (Å²) in [5, 5.41) is 9.82. The molecule has 0 aliphatic heterocycles. The summed E-state index contributed by atoms with van der Waals surface area (Å²) in [5.41, 5.74) is 0.344. The minimum Gasteiger partial charge on any atom is -0.457 e. The fourth-order valence-corrected chi connectivity index (χ4v) is 4.91. The highest BCUT2D eigenvalue weighted by Gasteiger charge is 2.42. The van der Waals surface area contributed by atoms with Crippen LogP contribution in [-0.2, 0) is 12.7 Å². The van der Waals surface area contributed by atoms with E-state index < -0.39 is 11.7 Å². The van der Waals surface area contributed by atoms with Crippen LogP contribution in [0, 0.1) is 11.8 Å². The van der Waals surface area contributed by atoms with Gasteiger partial charge in [0, 0.05) is 12.6 Å². The normalized spacial score (nSPS) is 26.7. The Balaban J connectivity index is 1.39. The van der Waals surface area contributed by atoms with Crippen LogP contribution in [0.4, 0.5) is 13.2 Å². The molecule has 4 rings (SSSR count). The molecule has 1 N–H and O–H groups in total. The van der Waals surface area contributed by atoms with Crippen molar-refractivity contribution >= 4 is 0 Å². The molecule has 2 saturated carbocycles. The van der Waals surface area contributed by atoms with E-state index in [0.717, 1.165) is 49.9 Å². The van der Waals surface area contributed by atoms with E-state index in [0.29, 0.717) is 23.6 Å². The molecule has 29 heavy (non-hydrogen) atoms. The summed E-state index contributed by atoms with van der Waals surface area (Å²) in [6.45, 7) is 0.756. The zero-order valence-corrected chi connectivity index (χ0v) is 16.4. The lowest BCUT2D eigenvalue weighted by Crippen LogP contribution is -2.29. The first-order valence-electron chi connectivity index (χ1n) is 10.1. The average molecular weight is 405 g/mol. The van der Waals surface area contributed by atoms with Crippen molar-refractivity contribution in [1.82, 2.24) is 4.90 Å². The van der Waals surface area contributed by atoms with E-state index >= 15 is 0 Å². The van der Waals surface area contributed by atoms with Crippen molar-refractivity contribution in [3.8, 4) is 11.5 Å². The van der Waals surface area contributed by atoms with E-state index in [-0.39, 0.29) is 11.9 Å². The van der Waals surface area contributed by atoms with E-state index in [1.54, 1.807) is 6.07 Å². The molecule has 0 spiro atoms. The summed E-state index contributed by atoms with van der Waals surface area (Å²) in [7, 11) is 2.11. The highest BCUT2D eigenvalue weighted by molar-refractivity contribution is 5.36. The van der Waals surface area contributed by atoms with Gasteiger partial charge in [-0.2, -0.15) is 13.2 Å². The number of halogens is 3. The molecule has 2 aromatic rings. The van der Waals surface area contributed by atoms with Gasteiger partial charge in [0.05, 0.1) is 11.7 Å². The van der Waals surface area contributed by atoms with Gasteiger partial charge in [0.15, 0.2) is 0 Å². The van der Waals surface area contributed by atoms with Gasteiger partial charge in [0.2, 0.25) is 0 Å². The fraction of sp³-hybridized carbons (Fsp3) is 0.478. The first-order valence-corrected chi connectivity index (χ1v) is 10.1. The van der Waals surface area contributed by atoms with Crippen molar-refractivity contribution in [1.29, 1.82) is 0 Å². The molecule has 3 nitrogen and oxygen atoms in total. The van der Waals surface area contributed by atoms with Crippen molar-refractivity contribution in [2.24, 2.45) is 11.8 Å². The molecule has 0 amide bonds. The third-order valence-electron chi connectivity index (χ3n) is 6.32. The molecule has 0 saturated heterocycles. The smallest absolute Gasteiger partial charge is 0.416 e. The quantitative estimate of drug-likeness (QED) is 0.715. The van der Waals surface area contributed by atoms with Gasteiger partial charge in [0.25, 0.3) is 0 Å². The minimum absolute atomic E-state index is 0.124. The molecule has 0 bridgehead atoms. The van der Waals surface area contributed by atoms with Gasteiger partial charge in [-0.15, -0.1) is 0 Å². The number of benzene rings is 2. The second kappa shape index (κ2) is 8.00. The lowest BCUT2D eigenvalue weighted by molar-refractivity contribution is -0.137. The summed E-state index contributed by atoms with van der Waals surface area (Å²) in [4.78, 5) is 2.34. The van der Waals surface area contributed by atoms with Crippen molar-refractivity contribution in [3.63, 3.8) is 0 Å². The number of nitrogens with zero attached hydrogens (tertiary/aromatic N) is 1. The van der Waals surface area contributed by atoms with E-state index in [4.69, 9.17) is 4.74 Å². The number of alkyl halides is 3. The molecule has 2 aromatic carbocycles. The minimum atomic E-state index is -4.39. The van der Waals surface area contributed by atoms with Gasteiger partial charge < -0.3 is 9.84 Å². The maximum absolute atomic E-state index is 12.9. The Hall–Kier alpha value is -2.05. The Morgan fingerprint density at radius 3 is 2.24 bits per heavy atom. The first-order chi connectivity index (χ1) is 13.8. The van der Waals surface area contributed by atoms with Gasteiger partial charge in [-0.25, -0.2) is 0 Å². The average Bonchev–Trinajstić information content (AvgIpc) is 3.19. The van der Waals surface area contributed by atoms with Crippen molar-refractivity contribution in [2.75, 3.05) is 7.05 Å².